The Balaban J connectivity index is 2.34. The van der Waals surface area contributed by atoms with Gasteiger partial charge in [-0.25, -0.2) is 0 Å². The average molecular weight is 202 g/mol. The molecule has 1 N–H and O–H groups in total. The first-order valence-corrected chi connectivity index (χ1v) is 4.77. The smallest absolute Gasteiger partial charge is 0.118 e. The highest BCUT2D eigenvalue weighted by molar-refractivity contribution is 6.31. The zero-order valence-electron chi connectivity index (χ0n) is 6.43. The fraction of sp³-hybridized carbons (Fsp3) is 0.333. The second kappa shape index (κ2) is 3.15. The molecule has 0 aromatic heterocycles. The lowest BCUT2D eigenvalue weighted by Gasteiger charge is -2.26. The largest absolute Gasteiger partial charge is 0.368 e. The zero-order valence-corrected chi connectivity index (χ0v) is 7.94. The molecule has 1 nitrogen and oxygen atoms in total. The van der Waals surface area contributed by atoms with E-state index in [0.29, 0.717) is 0 Å². The number of anilines is 1. The third kappa shape index (κ3) is 1.39. The molecule has 2 rings (SSSR count). The number of fused-ring (bicyclic) bond motifs is 1. The van der Waals surface area contributed by atoms with Crippen molar-refractivity contribution in [2.75, 3.05) is 5.32 Å². The minimum absolute atomic E-state index is 0.0124. The number of benzene rings is 1. The van der Waals surface area contributed by atoms with Crippen molar-refractivity contribution in [1.29, 1.82) is 0 Å². The van der Waals surface area contributed by atoms with Gasteiger partial charge in [0.1, 0.15) is 5.50 Å². The number of halogens is 2. The molecule has 0 spiro atoms. The molecule has 1 aromatic rings. The first kappa shape index (κ1) is 8.21. The van der Waals surface area contributed by atoms with Crippen molar-refractivity contribution < 1.29 is 0 Å². The van der Waals surface area contributed by atoms with Gasteiger partial charge in [-0.2, -0.15) is 0 Å². The molecule has 1 heterocycles. The Labute approximate surface area is 81.7 Å². The molecule has 0 fully saturated rings. The highest BCUT2D eigenvalue weighted by Gasteiger charge is 2.23. The summed E-state index contributed by atoms with van der Waals surface area (Å²) in [6.07, 6.45) is 0.846. The zero-order chi connectivity index (χ0) is 8.55. The maximum absolute atomic E-state index is 6.00. The predicted octanol–water partition coefficient (Wildman–Crippen LogP) is 2.83. The molecule has 64 valence electrons. The molecule has 2 unspecified atom stereocenters. The summed E-state index contributed by atoms with van der Waals surface area (Å²) >= 11 is 12.0. The minimum Gasteiger partial charge on any atom is -0.368 e. The van der Waals surface area contributed by atoms with E-state index in [1.165, 1.54) is 5.56 Å². The van der Waals surface area contributed by atoms with Gasteiger partial charge in [0.05, 0.1) is 5.38 Å². The number of nitrogens with one attached hydrogen (secondary N) is 1. The van der Waals surface area contributed by atoms with Crippen molar-refractivity contribution in [1.82, 2.24) is 0 Å². The molecule has 0 amide bonds. The summed E-state index contributed by atoms with van der Waals surface area (Å²) in [4.78, 5) is 0. The Bertz CT molecular complexity index is 259. The molecule has 1 aliphatic heterocycles. The topological polar surface area (TPSA) is 12.0 Å². The highest BCUT2D eigenvalue weighted by atomic mass is 35.5. The van der Waals surface area contributed by atoms with Gasteiger partial charge in [0, 0.05) is 5.69 Å². The Kier molecular flexibility index (Phi) is 2.16. The second-order valence-electron chi connectivity index (χ2n) is 2.92. The number of alkyl halides is 2. The summed E-state index contributed by atoms with van der Waals surface area (Å²) in [6.45, 7) is 0. The first-order valence-electron chi connectivity index (χ1n) is 3.90. The molecular weight excluding hydrogens is 193 g/mol. The van der Waals surface area contributed by atoms with Crippen molar-refractivity contribution in [2.24, 2.45) is 0 Å². The standard InChI is InChI=1S/C9H9Cl2N/c10-7-5-6-3-1-2-4-8(6)12-9(7)11/h1-4,7,9,12H,5H2. The van der Waals surface area contributed by atoms with Crippen LogP contribution in [0.5, 0.6) is 0 Å². The van der Waals surface area contributed by atoms with Gasteiger partial charge in [-0.05, 0) is 18.1 Å². The number of para-hydroxylation sites is 1. The van der Waals surface area contributed by atoms with Crippen LogP contribution in [0.2, 0.25) is 0 Å². The minimum atomic E-state index is -0.151. The van der Waals surface area contributed by atoms with E-state index in [1.807, 2.05) is 18.2 Å². The van der Waals surface area contributed by atoms with Crippen LogP contribution in [0.25, 0.3) is 0 Å². The molecule has 2 atom stereocenters. The third-order valence-corrected chi connectivity index (χ3v) is 2.99. The van der Waals surface area contributed by atoms with Crippen molar-refractivity contribution in [3.05, 3.63) is 29.8 Å². The van der Waals surface area contributed by atoms with E-state index in [4.69, 9.17) is 23.2 Å². The lowest BCUT2D eigenvalue weighted by Crippen LogP contribution is -2.30. The Morgan fingerprint density at radius 3 is 2.83 bits per heavy atom. The van der Waals surface area contributed by atoms with E-state index in [0.717, 1.165) is 12.1 Å². The normalized spacial score (nSPS) is 27.5. The van der Waals surface area contributed by atoms with Crippen molar-refractivity contribution >= 4 is 28.9 Å². The van der Waals surface area contributed by atoms with Crippen LogP contribution >= 0.6 is 23.2 Å². The molecule has 12 heavy (non-hydrogen) atoms. The molecule has 0 bridgehead atoms. The van der Waals surface area contributed by atoms with Gasteiger partial charge in [-0.3, -0.25) is 0 Å². The summed E-state index contributed by atoms with van der Waals surface area (Å²) in [6, 6.07) is 8.09. The first-order chi connectivity index (χ1) is 5.77. The fourth-order valence-electron chi connectivity index (χ4n) is 1.39. The van der Waals surface area contributed by atoms with E-state index in [2.05, 4.69) is 11.4 Å². The fourth-order valence-corrected chi connectivity index (χ4v) is 1.83. The molecule has 1 aliphatic rings. The van der Waals surface area contributed by atoms with E-state index >= 15 is 0 Å². The SMILES string of the molecule is ClC1Cc2ccccc2NC1Cl. The van der Waals surface area contributed by atoms with Crippen LogP contribution in [0.4, 0.5) is 5.69 Å². The summed E-state index contributed by atoms with van der Waals surface area (Å²) < 4.78 is 0. The van der Waals surface area contributed by atoms with Crippen molar-refractivity contribution in [2.45, 2.75) is 17.3 Å². The molecular formula is C9H9Cl2N. The van der Waals surface area contributed by atoms with Crippen LogP contribution in [0.3, 0.4) is 0 Å². The quantitative estimate of drug-likeness (QED) is 0.503. The summed E-state index contributed by atoms with van der Waals surface area (Å²) in [5, 5.41) is 3.13. The van der Waals surface area contributed by atoms with Gasteiger partial charge in [0.25, 0.3) is 0 Å². The number of hydrogen-bond donors (Lipinski definition) is 1. The summed E-state index contributed by atoms with van der Waals surface area (Å²) in [5.41, 5.74) is 2.20. The monoisotopic (exact) mass is 201 g/mol. The van der Waals surface area contributed by atoms with E-state index in [1.54, 1.807) is 0 Å². The third-order valence-electron chi connectivity index (χ3n) is 2.04. The highest BCUT2D eigenvalue weighted by Crippen LogP contribution is 2.28. The molecule has 1 aromatic carbocycles. The maximum Gasteiger partial charge on any atom is 0.118 e. The van der Waals surface area contributed by atoms with Crippen LogP contribution in [0, 0.1) is 0 Å². The lowest BCUT2D eigenvalue weighted by atomic mass is 10.0. The molecule has 0 aliphatic carbocycles. The van der Waals surface area contributed by atoms with E-state index in [9.17, 15) is 0 Å². The van der Waals surface area contributed by atoms with Gasteiger partial charge in [0.2, 0.25) is 0 Å². The van der Waals surface area contributed by atoms with Crippen LogP contribution < -0.4 is 5.32 Å². The Morgan fingerprint density at radius 2 is 2.00 bits per heavy atom. The van der Waals surface area contributed by atoms with Gasteiger partial charge in [-0.15, -0.1) is 11.6 Å². The second-order valence-corrected chi connectivity index (χ2v) is 3.95. The molecule has 0 radical (unpaired) electrons. The van der Waals surface area contributed by atoms with E-state index in [-0.39, 0.29) is 10.9 Å². The predicted molar refractivity (Wildman–Crippen MR) is 53.1 cm³/mol. The number of rotatable bonds is 0. The molecule has 3 heteroatoms. The Morgan fingerprint density at radius 1 is 1.25 bits per heavy atom. The van der Waals surface area contributed by atoms with Crippen molar-refractivity contribution in [3.63, 3.8) is 0 Å². The Hall–Kier alpha value is -0.400. The molecule has 0 saturated carbocycles. The van der Waals surface area contributed by atoms with Gasteiger partial charge < -0.3 is 5.32 Å². The summed E-state index contributed by atoms with van der Waals surface area (Å²) in [7, 11) is 0. The number of hydrogen-bond acceptors (Lipinski definition) is 1. The van der Waals surface area contributed by atoms with Crippen LogP contribution in [-0.4, -0.2) is 10.9 Å². The van der Waals surface area contributed by atoms with Crippen molar-refractivity contribution in [3.8, 4) is 0 Å². The maximum atomic E-state index is 6.00. The lowest BCUT2D eigenvalue weighted by molar-refractivity contribution is 0.791. The van der Waals surface area contributed by atoms with Crippen LogP contribution in [0.15, 0.2) is 24.3 Å². The van der Waals surface area contributed by atoms with Gasteiger partial charge in [0.15, 0.2) is 0 Å². The average Bonchev–Trinajstić information content (AvgIpc) is 2.07. The van der Waals surface area contributed by atoms with Crippen LogP contribution in [0.1, 0.15) is 5.56 Å². The molecule has 0 saturated heterocycles. The van der Waals surface area contributed by atoms with Gasteiger partial charge >= 0.3 is 0 Å². The van der Waals surface area contributed by atoms with E-state index < -0.39 is 0 Å². The van der Waals surface area contributed by atoms with Crippen LogP contribution in [-0.2, 0) is 6.42 Å². The summed E-state index contributed by atoms with van der Waals surface area (Å²) in [5.74, 6) is 0. The van der Waals surface area contributed by atoms with Gasteiger partial charge in [-0.1, -0.05) is 29.8 Å².